The number of aromatic nitrogens is 2. The molecule has 138 valence electrons. The van der Waals surface area contributed by atoms with Crippen LogP contribution in [0.15, 0.2) is 54.6 Å². The molecule has 0 radical (unpaired) electrons. The number of methoxy groups -OCH3 is 1. The molecule has 3 aromatic rings. The van der Waals surface area contributed by atoms with Crippen molar-refractivity contribution < 1.29 is 9.53 Å². The number of benzene rings is 2. The third-order valence-electron chi connectivity index (χ3n) is 3.97. The number of rotatable bonds is 6. The number of hydrogen-bond acceptors (Lipinski definition) is 5. The van der Waals surface area contributed by atoms with E-state index in [-0.39, 0.29) is 5.91 Å². The van der Waals surface area contributed by atoms with Crippen LogP contribution in [0.25, 0.3) is 0 Å². The first kappa shape index (κ1) is 18.4. The van der Waals surface area contributed by atoms with Gasteiger partial charge in [0.15, 0.2) is 0 Å². The minimum atomic E-state index is -0.265. The molecule has 0 unspecified atom stereocenters. The van der Waals surface area contributed by atoms with Gasteiger partial charge in [0.05, 0.1) is 7.11 Å². The number of hydrogen-bond donors (Lipinski definition) is 2. The number of aryl methyl sites for hydroxylation is 2. The van der Waals surface area contributed by atoms with E-state index in [1.165, 1.54) is 0 Å². The van der Waals surface area contributed by atoms with E-state index in [2.05, 4.69) is 20.6 Å². The zero-order valence-corrected chi connectivity index (χ0v) is 15.6. The first-order valence-corrected chi connectivity index (χ1v) is 8.64. The van der Waals surface area contributed by atoms with Gasteiger partial charge in [0.25, 0.3) is 5.91 Å². The number of carbonyl (C=O) groups excluding carboxylic acids is 1. The molecule has 0 aliphatic carbocycles. The molecule has 1 heterocycles. The minimum absolute atomic E-state index is 0.265. The Morgan fingerprint density at radius 1 is 1.04 bits per heavy atom. The molecule has 2 N–H and O–H groups in total. The average molecular weight is 362 g/mol. The van der Waals surface area contributed by atoms with Crippen LogP contribution < -0.4 is 15.4 Å². The second-order valence-electron chi connectivity index (χ2n) is 6.24. The topological polar surface area (TPSA) is 76.1 Å². The molecule has 0 spiro atoms. The number of nitrogens with zero attached hydrogens (tertiary/aromatic N) is 2. The summed E-state index contributed by atoms with van der Waals surface area (Å²) in [5.74, 6) is 0.958. The van der Waals surface area contributed by atoms with Crippen molar-refractivity contribution in [1.29, 1.82) is 0 Å². The maximum Gasteiger partial charge on any atom is 0.274 e. The van der Waals surface area contributed by atoms with Crippen LogP contribution in [0.3, 0.4) is 0 Å². The van der Waals surface area contributed by atoms with Crippen molar-refractivity contribution in [3.8, 4) is 5.75 Å². The normalized spacial score (nSPS) is 10.3. The fourth-order valence-corrected chi connectivity index (χ4v) is 2.61. The highest BCUT2D eigenvalue weighted by Crippen LogP contribution is 2.14. The van der Waals surface area contributed by atoms with Gasteiger partial charge in [-0.25, -0.2) is 9.97 Å². The molecule has 1 amide bonds. The monoisotopic (exact) mass is 362 g/mol. The largest absolute Gasteiger partial charge is 0.497 e. The van der Waals surface area contributed by atoms with Gasteiger partial charge < -0.3 is 15.4 Å². The van der Waals surface area contributed by atoms with Gasteiger partial charge in [0.1, 0.15) is 11.4 Å². The number of anilines is 2. The molecule has 0 aliphatic rings. The summed E-state index contributed by atoms with van der Waals surface area (Å²) in [6.07, 6.45) is 0. The number of ether oxygens (including phenoxy) is 1. The van der Waals surface area contributed by atoms with Gasteiger partial charge in [-0.15, -0.1) is 0 Å². The van der Waals surface area contributed by atoms with Crippen molar-refractivity contribution in [1.82, 2.24) is 9.97 Å². The Balaban J connectivity index is 1.70. The van der Waals surface area contributed by atoms with Crippen LogP contribution in [-0.2, 0) is 6.54 Å². The van der Waals surface area contributed by atoms with E-state index >= 15 is 0 Å². The number of nitrogens with one attached hydrogen (secondary N) is 2. The molecule has 0 bridgehead atoms. The summed E-state index contributed by atoms with van der Waals surface area (Å²) in [6, 6.07) is 17.0. The van der Waals surface area contributed by atoms with Gasteiger partial charge >= 0.3 is 0 Å². The summed E-state index contributed by atoms with van der Waals surface area (Å²) in [7, 11) is 1.64. The van der Waals surface area contributed by atoms with Crippen LogP contribution >= 0.6 is 0 Å². The third kappa shape index (κ3) is 5.04. The summed E-state index contributed by atoms with van der Waals surface area (Å²) in [4.78, 5) is 21.2. The lowest BCUT2D eigenvalue weighted by atomic mass is 10.2. The Morgan fingerprint density at radius 2 is 1.81 bits per heavy atom. The zero-order chi connectivity index (χ0) is 19.2. The highest BCUT2D eigenvalue weighted by Gasteiger charge is 2.11. The van der Waals surface area contributed by atoms with Crippen molar-refractivity contribution in [2.45, 2.75) is 20.4 Å². The van der Waals surface area contributed by atoms with E-state index < -0.39 is 0 Å². The van der Waals surface area contributed by atoms with Crippen LogP contribution in [0.4, 0.5) is 11.6 Å². The van der Waals surface area contributed by atoms with Crippen LogP contribution in [0.2, 0.25) is 0 Å². The Hall–Kier alpha value is -3.41. The lowest BCUT2D eigenvalue weighted by Gasteiger charge is -2.10. The van der Waals surface area contributed by atoms with E-state index in [1.54, 1.807) is 13.2 Å². The summed E-state index contributed by atoms with van der Waals surface area (Å²) >= 11 is 0. The summed E-state index contributed by atoms with van der Waals surface area (Å²) in [6.45, 7) is 4.36. The van der Waals surface area contributed by atoms with Crippen molar-refractivity contribution >= 4 is 17.5 Å². The smallest absolute Gasteiger partial charge is 0.274 e. The highest BCUT2D eigenvalue weighted by molar-refractivity contribution is 6.03. The fourth-order valence-electron chi connectivity index (χ4n) is 2.61. The van der Waals surface area contributed by atoms with E-state index in [0.717, 1.165) is 28.3 Å². The molecule has 0 atom stereocenters. The van der Waals surface area contributed by atoms with Gasteiger partial charge in [-0.3, -0.25) is 4.79 Å². The Labute approximate surface area is 158 Å². The maximum absolute atomic E-state index is 12.5. The quantitative estimate of drug-likeness (QED) is 0.694. The number of amides is 1. The summed E-state index contributed by atoms with van der Waals surface area (Å²) < 4.78 is 5.16. The lowest BCUT2D eigenvalue weighted by molar-refractivity contribution is 0.102. The lowest BCUT2D eigenvalue weighted by Crippen LogP contribution is -2.16. The van der Waals surface area contributed by atoms with E-state index in [4.69, 9.17) is 4.74 Å². The first-order valence-electron chi connectivity index (χ1n) is 8.64. The Bertz CT molecular complexity index is 939. The van der Waals surface area contributed by atoms with Gasteiger partial charge in [0.2, 0.25) is 5.95 Å². The Morgan fingerprint density at radius 3 is 2.52 bits per heavy atom. The summed E-state index contributed by atoms with van der Waals surface area (Å²) in [5.41, 5.74) is 3.92. The van der Waals surface area contributed by atoms with E-state index in [1.807, 2.05) is 62.4 Å². The Kier molecular flexibility index (Phi) is 5.66. The molecular weight excluding hydrogens is 340 g/mol. The SMILES string of the molecule is COc1ccc(CNc2nc(C)cc(C(=O)Nc3cccc(C)c3)n2)cc1. The second-order valence-corrected chi connectivity index (χ2v) is 6.24. The van der Waals surface area contributed by atoms with Gasteiger partial charge in [-0.1, -0.05) is 24.3 Å². The number of carbonyl (C=O) groups is 1. The van der Waals surface area contributed by atoms with Gasteiger partial charge in [-0.05, 0) is 55.3 Å². The van der Waals surface area contributed by atoms with Crippen molar-refractivity contribution in [2.24, 2.45) is 0 Å². The molecule has 2 aromatic carbocycles. The van der Waals surface area contributed by atoms with Crippen LogP contribution in [-0.4, -0.2) is 23.0 Å². The van der Waals surface area contributed by atoms with Crippen molar-refractivity contribution in [3.05, 3.63) is 77.1 Å². The molecule has 3 rings (SSSR count). The van der Waals surface area contributed by atoms with E-state index in [0.29, 0.717) is 18.2 Å². The molecule has 0 aliphatic heterocycles. The molecule has 0 fully saturated rings. The second kappa shape index (κ2) is 8.31. The van der Waals surface area contributed by atoms with E-state index in [9.17, 15) is 4.79 Å². The highest BCUT2D eigenvalue weighted by atomic mass is 16.5. The first-order chi connectivity index (χ1) is 13.0. The minimum Gasteiger partial charge on any atom is -0.497 e. The van der Waals surface area contributed by atoms with Gasteiger partial charge in [-0.2, -0.15) is 0 Å². The predicted molar refractivity (Wildman–Crippen MR) is 106 cm³/mol. The zero-order valence-electron chi connectivity index (χ0n) is 15.6. The average Bonchev–Trinajstić information content (AvgIpc) is 2.66. The molecule has 27 heavy (non-hydrogen) atoms. The standard InChI is InChI=1S/C21H22N4O2/c1-14-5-4-6-17(11-14)24-20(26)19-12-15(2)23-21(25-19)22-13-16-7-9-18(27-3)10-8-16/h4-12H,13H2,1-3H3,(H,24,26)(H,22,23,25). The molecule has 0 saturated carbocycles. The third-order valence-corrected chi connectivity index (χ3v) is 3.97. The molecule has 6 heteroatoms. The van der Waals surface area contributed by atoms with Crippen LogP contribution in [0, 0.1) is 13.8 Å². The molecule has 0 saturated heterocycles. The van der Waals surface area contributed by atoms with Crippen molar-refractivity contribution in [3.63, 3.8) is 0 Å². The molecular formula is C21H22N4O2. The molecule has 1 aromatic heterocycles. The predicted octanol–water partition coefficient (Wildman–Crippen LogP) is 3.97. The fraction of sp³-hybridized carbons (Fsp3) is 0.190. The van der Waals surface area contributed by atoms with Gasteiger partial charge in [0, 0.05) is 17.9 Å². The maximum atomic E-state index is 12.5. The van der Waals surface area contributed by atoms with Crippen LogP contribution in [0.5, 0.6) is 5.75 Å². The summed E-state index contributed by atoms with van der Waals surface area (Å²) in [5, 5.41) is 6.03. The van der Waals surface area contributed by atoms with Crippen molar-refractivity contribution in [2.75, 3.05) is 17.7 Å². The van der Waals surface area contributed by atoms with Crippen LogP contribution in [0.1, 0.15) is 27.3 Å². The molecule has 6 nitrogen and oxygen atoms in total.